The van der Waals surface area contributed by atoms with Crippen molar-refractivity contribution < 1.29 is 23.8 Å². The molecule has 0 radical (unpaired) electrons. The minimum absolute atomic E-state index is 0.0871. The highest BCUT2D eigenvalue weighted by Crippen LogP contribution is 2.22. The van der Waals surface area contributed by atoms with Crippen molar-refractivity contribution in [1.82, 2.24) is 9.88 Å². The summed E-state index contributed by atoms with van der Waals surface area (Å²) in [5, 5.41) is 9.56. The number of carbonyl (C=O) groups is 2. The lowest BCUT2D eigenvalue weighted by molar-refractivity contribution is -0.148. The molecule has 7 nitrogen and oxygen atoms in total. The van der Waals surface area contributed by atoms with Crippen LogP contribution in [0.4, 0.5) is 0 Å². The van der Waals surface area contributed by atoms with E-state index in [-0.39, 0.29) is 12.3 Å². The van der Waals surface area contributed by atoms with Gasteiger partial charge in [-0.25, -0.2) is 9.78 Å². The third-order valence-electron chi connectivity index (χ3n) is 5.64. The molecule has 0 aliphatic carbocycles. The van der Waals surface area contributed by atoms with Gasteiger partial charge in [0.25, 0.3) is 0 Å². The van der Waals surface area contributed by atoms with Gasteiger partial charge in [-0.15, -0.1) is 0 Å². The van der Waals surface area contributed by atoms with Crippen molar-refractivity contribution in [2.24, 2.45) is 0 Å². The van der Waals surface area contributed by atoms with E-state index in [0.29, 0.717) is 44.1 Å². The number of amides is 1. The Morgan fingerprint density at radius 2 is 1.94 bits per heavy atom. The van der Waals surface area contributed by atoms with Crippen LogP contribution in [-0.4, -0.2) is 46.1 Å². The Labute approximate surface area is 186 Å². The molecule has 2 aromatic carbocycles. The lowest BCUT2D eigenvalue weighted by Crippen LogP contribution is -2.43. The number of rotatable bonds is 9. The highest BCUT2D eigenvalue weighted by Gasteiger charge is 2.32. The Kier molecular flexibility index (Phi) is 6.54. The van der Waals surface area contributed by atoms with Gasteiger partial charge in [-0.1, -0.05) is 30.3 Å². The largest absolute Gasteiger partial charge is 0.493 e. The number of ether oxygens (including phenoxy) is 1. The molecule has 1 saturated heterocycles. The van der Waals surface area contributed by atoms with Gasteiger partial charge in [0.2, 0.25) is 11.8 Å². The molecule has 0 spiro atoms. The Hall–Kier alpha value is -3.61. The average molecular weight is 434 g/mol. The first kappa shape index (κ1) is 21.6. The van der Waals surface area contributed by atoms with E-state index >= 15 is 0 Å². The van der Waals surface area contributed by atoms with Crippen LogP contribution in [0.5, 0.6) is 5.75 Å². The number of benzene rings is 2. The number of aryl methyl sites for hydroxylation is 1. The Morgan fingerprint density at radius 3 is 2.59 bits per heavy atom. The zero-order valence-electron chi connectivity index (χ0n) is 18.0. The van der Waals surface area contributed by atoms with E-state index in [1.165, 1.54) is 4.90 Å². The second kappa shape index (κ2) is 9.68. The molecule has 1 aliphatic heterocycles. The molecule has 7 heteroatoms. The van der Waals surface area contributed by atoms with Crippen LogP contribution in [0.3, 0.4) is 0 Å². The zero-order valence-corrected chi connectivity index (χ0v) is 18.0. The van der Waals surface area contributed by atoms with E-state index in [9.17, 15) is 14.7 Å². The first-order valence-corrected chi connectivity index (χ1v) is 10.8. The molecular weight excluding hydrogens is 408 g/mol. The van der Waals surface area contributed by atoms with Gasteiger partial charge in [0, 0.05) is 31.4 Å². The molecule has 0 bridgehead atoms. The average Bonchev–Trinajstić information content (AvgIpc) is 3.39. The van der Waals surface area contributed by atoms with E-state index in [0.717, 1.165) is 22.6 Å². The molecule has 1 aliphatic rings. The summed E-state index contributed by atoms with van der Waals surface area (Å²) in [7, 11) is 0. The summed E-state index contributed by atoms with van der Waals surface area (Å²) in [5.41, 5.74) is 2.65. The van der Waals surface area contributed by atoms with Crippen LogP contribution in [0, 0.1) is 6.92 Å². The van der Waals surface area contributed by atoms with Gasteiger partial charge in [0.15, 0.2) is 0 Å². The summed E-state index contributed by atoms with van der Waals surface area (Å²) in [6, 6.07) is 16.3. The third kappa shape index (κ3) is 4.99. The normalized spacial score (nSPS) is 14.5. The fourth-order valence-corrected chi connectivity index (χ4v) is 3.90. The molecule has 2 heterocycles. The van der Waals surface area contributed by atoms with Crippen molar-refractivity contribution in [3.63, 3.8) is 0 Å². The summed E-state index contributed by atoms with van der Waals surface area (Å²) in [6.07, 6.45) is 2.03. The Bertz CT molecular complexity index is 1080. The maximum absolute atomic E-state index is 11.9. The molecule has 32 heavy (non-hydrogen) atoms. The molecule has 3 aromatic rings. The fourth-order valence-electron chi connectivity index (χ4n) is 3.90. The van der Waals surface area contributed by atoms with Crippen molar-refractivity contribution >= 4 is 11.9 Å². The fraction of sp³-hybridized carbons (Fsp3) is 0.320. The van der Waals surface area contributed by atoms with Crippen LogP contribution in [0.2, 0.25) is 0 Å². The maximum atomic E-state index is 11.9. The van der Waals surface area contributed by atoms with Gasteiger partial charge >= 0.3 is 5.97 Å². The third-order valence-corrected chi connectivity index (χ3v) is 5.64. The predicted molar refractivity (Wildman–Crippen MR) is 118 cm³/mol. The molecule has 4 rings (SSSR count). The van der Waals surface area contributed by atoms with Crippen molar-refractivity contribution in [1.29, 1.82) is 0 Å². The summed E-state index contributed by atoms with van der Waals surface area (Å²) in [4.78, 5) is 29.7. The van der Waals surface area contributed by atoms with E-state index in [2.05, 4.69) is 4.98 Å². The lowest BCUT2D eigenvalue weighted by atomic mass is 10.0. The van der Waals surface area contributed by atoms with Crippen LogP contribution in [-0.2, 0) is 22.4 Å². The van der Waals surface area contributed by atoms with Crippen molar-refractivity contribution in [3.8, 4) is 17.2 Å². The summed E-state index contributed by atoms with van der Waals surface area (Å²) < 4.78 is 11.6. The number of hydrogen-bond acceptors (Lipinski definition) is 5. The molecule has 1 fully saturated rings. The predicted octanol–water partition coefficient (Wildman–Crippen LogP) is 3.89. The van der Waals surface area contributed by atoms with Gasteiger partial charge in [0.1, 0.15) is 17.6 Å². The van der Waals surface area contributed by atoms with Crippen LogP contribution in [0.15, 0.2) is 59.0 Å². The molecule has 0 saturated carbocycles. The van der Waals surface area contributed by atoms with Crippen molar-refractivity contribution in [2.75, 3.05) is 13.2 Å². The first-order chi connectivity index (χ1) is 15.5. The smallest absolute Gasteiger partial charge is 0.326 e. The Balaban J connectivity index is 1.32. The van der Waals surface area contributed by atoms with Crippen LogP contribution in [0.25, 0.3) is 11.5 Å². The second-order valence-electron chi connectivity index (χ2n) is 7.88. The standard InChI is InChI=1S/C25H26N2O5/c1-17-21(26-24(32-17)19-6-3-2-4-7-19)13-15-31-20-11-9-18(10-12-20)16-22(25(29)30)27-14-5-8-23(27)28/h2-4,6-7,9-12,22H,5,8,13-16H2,1H3,(H,29,30). The number of hydrogen-bond donors (Lipinski definition) is 1. The topological polar surface area (TPSA) is 92.9 Å². The van der Waals surface area contributed by atoms with Crippen LogP contribution in [0.1, 0.15) is 29.9 Å². The van der Waals surface area contributed by atoms with E-state index in [1.54, 1.807) is 0 Å². The number of oxazole rings is 1. The van der Waals surface area contributed by atoms with Crippen molar-refractivity contribution in [2.45, 2.75) is 38.6 Å². The van der Waals surface area contributed by atoms with E-state index in [4.69, 9.17) is 9.15 Å². The van der Waals surface area contributed by atoms with E-state index < -0.39 is 12.0 Å². The summed E-state index contributed by atoms with van der Waals surface area (Å²) in [6.45, 7) is 2.85. The summed E-state index contributed by atoms with van der Waals surface area (Å²) in [5.74, 6) is 1.02. The van der Waals surface area contributed by atoms with Gasteiger partial charge in [-0.3, -0.25) is 4.79 Å². The SMILES string of the molecule is Cc1oc(-c2ccccc2)nc1CCOc1ccc(CC(C(=O)O)N2CCCC2=O)cc1. The molecule has 166 valence electrons. The lowest BCUT2D eigenvalue weighted by Gasteiger charge is -2.24. The van der Waals surface area contributed by atoms with Crippen molar-refractivity contribution in [3.05, 3.63) is 71.6 Å². The number of carboxylic acid groups (broad SMARTS) is 1. The number of carboxylic acids is 1. The zero-order chi connectivity index (χ0) is 22.5. The minimum atomic E-state index is -0.974. The van der Waals surface area contributed by atoms with Crippen LogP contribution < -0.4 is 4.74 Å². The molecule has 1 atom stereocenters. The van der Waals surface area contributed by atoms with E-state index in [1.807, 2.05) is 61.5 Å². The van der Waals surface area contributed by atoms with Gasteiger partial charge in [-0.05, 0) is 43.2 Å². The first-order valence-electron chi connectivity index (χ1n) is 10.8. The molecule has 1 N–H and O–H groups in total. The molecule has 1 aromatic heterocycles. The molecule has 1 amide bonds. The maximum Gasteiger partial charge on any atom is 0.326 e. The minimum Gasteiger partial charge on any atom is -0.493 e. The van der Waals surface area contributed by atoms with Gasteiger partial charge in [0.05, 0.1) is 12.3 Å². The molecular formula is C25H26N2O5. The number of aliphatic carboxylic acids is 1. The number of nitrogens with zero attached hydrogens (tertiary/aromatic N) is 2. The second-order valence-corrected chi connectivity index (χ2v) is 7.88. The molecule has 1 unspecified atom stereocenters. The monoisotopic (exact) mass is 434 g/mol. The number of aromatic nitrogens is 1. The highest BCUT2D eigenvalue weighted by atomic mass is 16.5. The Morgan fingerprint density at radius 1 is 1.19 bits per heavy atom. The summed E-state index contributed by atoms with van der Waals surface area (Å²) >= 11 is 0. The van der Waals surface area contributed by atoms with Gasteiger partial charge in [-0.2, -0.15) is 0 Å². The number of likely N-dealkylation sites (tertiary alicyclic amines) is 1. The number of carbonyl (C=O) groups excluding carboxylic acids is 1. The van der Waals surface area contributed by atoms with Gasteiger partial charge < -0.3 is 19.2 Å². The highest BCUT2D eigenvalue weighted by molar-refractivity contribution is 5.85. The quantitative estimate of drug-likeness (QED) is 0.549. The van der Waals surface area contributed by atoms with Crippen LogP contribution >= 0.6 is 0 Å².